The van der Waals surface area contributed by atoms with Gasteiger partial charge < -0.3 is 5.32 Å². The topological polar surface area (TPSA) is 37.8 Å². The van der Waals surface area contributed by atoms with Crippen molar-refractivity contribution in [3.05, 3.63) is 54.6 Å². The van der Waals surface area contributed by atoms with E-state index in [9.17, 15) is 0 Å². The Labute approximate surface area is 82.8 Å². The Bertz CT molecular complexity index is 333. The zero-order chi connectivity index (χ0) is 9.64. The molecule has 3 nitrogen and oxygen atoms in total. The summed E-state index contributed by atoms with van der Waals surface area (Å²) >= 11 is 0. The summed E-state index contributed by atoms with van der Waals surface area (Å²) in [6.07, 6.45) is 7.18. The highest BCUT2D eigenvalue weighted by Gasteiger charge is 1.92. The van der Waals surface area contributed by atoms with Gasteiger partial charge in [0, 0.05) is 31.3 Å². The lowest BCUT2D eigenvalue weighted by molar-refractivity contribution is 1.11. The molecule has 0 saturated carbocycles. The molecule has 70 valence electrons. The molecule has 0 fully saturated rings. The van der Waals surface area contributed by atoms with Crippen LogP contribution < -0.4 is 5.32 Å². The molecule has 2 aromatic heterocycles. The third-order valence-corrected chi connectivity index (χ3v) is 1.88. The van der Waals surface area contributed by atoms with Crippen molar-refractivity contribution in [2.75, 3.05) is 5.32 Å². The Morgan fingerprint density at radius 2 is 1.79 bits per heavy atom. The number of nitrogens with one attached hydrogen (secondary N) is 1. The maximum Gasteiger partial charge on any atom is 0.0529 e. The fourth-order valence-corrected chi connectivity index (χ4v) is 1.17. The van der Waals surface area contributed by atoms with Crippen molar-refractivity contribution in [1.29, 1.82) is 0 Å². The molecule has 0 aliphatic heterocycles. The lowest BCUT2D eigenvalue weighted by Crippen LogP contribution is -1.99. The fourth-order valence-electron chi connectivity index (χ4n) is 1.17. The molecule has 0 aromatic carbocycles. The van der Waals surface area contributed by atoms with Gasteiger partial charge in [-0.25, -0.2) is 0 Å². The predicted molar refractivity (Wildman–Crippen MR) is 55.8 cm³/mol. The van der Waals surface area contributed by atoms with Gasteiger partial charge in [-0.3, -0.25) is 9.97 Å². The van der Waals surface area contributed by atoms with Crippen LogP contribution in [-0.2, 0) is 6.54 Å². The van der Waals surface area contributed by atoms with E-state index in [0.717, 1.165) is 17.8 Å². The van der Waals surface area contributed by atoms with E-state index >= 15 is 0 Å². The fraction of sp³-hybridized carbons (Fsp3) is 0.0909. The summed E-state index contributed by atoms with van der Waals surface area (Å²) in [4.78, 5) is 8.06. The van der Waals surface area contributed by atoms with Crippen LogP contribution in [-0.4, -0.2) is 9.97 Å². The van der Waals surface area contributed by atoms with Crippen LogP contribution >= 0.6 is 0 Å². The van der Waals surface area contributed by atoms with Crippen molar-refractivity contribution in [3.8, 4) is 0 Å². The molecule has 0 spiro atoms. The summed E-state index contributed by atoms with van der Waals surface area (Å²) in [6, 6.07) is 7.87. The SMILES string of the molecule is c1cncc(CNc2cccnc2)c1. The van der Waals surface area contributed by atoms with Crippen LogP contribution in [0.1, 0.15) is 5.56 Å². The molecule has 0 amide bonds. The second-order valence-corrected chi connectivity index (χ2v) is 2.96. The predicted octanol–water partition coefficient (Wildman–Crippen LogP) is 2.09. The molecule has 3 heteroatoms. The molecule has 1 N–H and O–H groups in total. The third kappa shape index (κ3) is 2.29. The van der Waals surface area contributed by atoms with Crippen LogP contribution in [0.15, 0.2) is 49.1 Å². The number of hydrogen-bond donors (Lipinski definition) is 1. The zero-order valence-electron chi connectivity index (χ0n) is 7.72. The lowest BCUT2D eigenvalue weighted by Gasteiger charge is -2.04. The molecule has 0 unspecified atom stereocenters. The van der Waals surface area contributed by atoms with E-state index in [0.29, 0.717) is 0 Å². The number of nitrogens with zero attached hydrogens (tertiary/aromatic N) is 2. The van der Waals surface area contributed by atoms with Gasteiger partial charge in [0.15, 0.2) is 0 Å². The number of pyridine rings is 2. The maximum atomic E-state index is 4.04. The highest BCUT2D eigenvalue weighted by atomic mass is 14.9. The van der Waals surface area contributed by atoms with Crippen LogP contribution in [0.5, 0.6) is 0 Å². The Morgan fingerprint density at radius 3 is 2.43 bits per heavy atom. The number of hydrogen-bond acceptors (Lipinski definition) is 3. The molecular weight excluding hydrogens is 174 g/mol. The number of anilines is 1. The van der Waals surface area contributed by atoms with Crippen molar-refractivity contribution in [2.24, 2.45) is 0 Å². The van der Waals surface area contributed by atoms with Crippen molar-refractivity contribution in [3.63, 3.8) is 0 Å². The van der Waals surface area contributed by atoms with Crippen molar-refractivity contribution < 1.29 is 0 Å². The smallest absolute Gasteiger partial charge is 0.0529 e. The first kappa shape index (κ1) is 8.69. The summed E-state index contributed by atoms with van der Waals surface area (Å²) in [7, 11) is 0. The van der Waals surface area contributed by atoms with Gasteiger partial charge in [-0.15, -0.1) is 0 Å². The highest BCUT2D eigenvalue weighted by Crippen LogP contribution is 2.05. The average Bonchev–Trinajstić information content (AvgIpc) is 2.29. The molecule has 2 aromatic rings. The largest absolute Gasteiger partial charge is 0.380 e. The Hall–Kier alpha value is -1.90. The van der Waals surface area contributed by atoms with Crippen molar-refractivity contribution >= 4 is 5.69 Å². The number of rotatable bonds is 3. The van der Waals surface area contributed by atoms with E-state index in [1.807, 2.05) is 30.5 Å². The maximum absolute atomic E-state index is 4.04. The summed E-state index contributed by atoms with van der Waals surface area (Å²) in [6.45, 7) is 0.777. The van der Waals surface area contributed by atoms with Gasteiger partial charge in [0.2, 0.25) is 0 Å². The zero-order valence-corrected chi connectivity index (χ0v) is 7.72. The second-order valence-electron chi connectivity index (χ2n) is 2.96. The van der Waals surface area contributed by atoms with Gasteiger partial charge >= 0.3 is 0 Å². The highest BCUT2D eigenvalue weighted by molar-refractivity contribution is 5.40. The first-order valence-corrected chi connectivity index (χ1v) is 4.48. The Morgan fingerprint density at radius 1 is 1.00 bits per heavy atom. The summed E-state index contributed by atoms with van der Waals surface area (Å²) in [5, 5.41) is 3.26. The lowest BCUT2D eigenvalue weighted by atomic mass is 10.3. The molecular formula is C11H11N3. The van der Waals surface area contributed by atoms with Crippen molar-refractivity contribution in [2.45, 2.75) is 6.54 Å². The minimum Gasteiger partial charge on any atom is -0.380 e. The first-order valence-electron chi connectivity index (χ1n) is 4.48. The van der Waals surface area contributed by atoms with E-state index in [4.69, 9.17) is 0 Å². The third-order valence-electron chi connectivity index (χ3n) is 1.88. The molecule has 2 heterocycles. The second kappa shape index (κ2) is 4.37. The van der Waals surface area contributed by atoms with Gasteiger partial charge in [-0.1, -0.05) is 6.07 Å². The van der Waals surface area contributed by atoms with E-state index in [1.165, 1.54) is 0 Å². The van der Waals surface area contributed by atoms with Crippen molar-refractivity contribution in [1.82, 2.24) is 9.97 Å². The summed E-state index contributed by atoms with van der Waals surface area (Å²) in [5.41, 5.74) is 2.19. The van der Waals surface area contributed by atoms with Gasteiger partial charge in [-0.2, -0.15) is 0 Å². The monoisotopic (exact) mass is 185 g/mol. The molecule has 0 aliphatic rings. The van der Waals surface area contributed by atoms with E-state index in [1.54, 1.807) is 18.6 Å². The molecule has 0 radical (unpaired) electrons. The summed E-state index contributed by atoms with van der Waals surface area (Å²) in [5.74, 6) is 0. The van der Waals surface area contributed by atoms with Gasteiger partial charge in [0.05, 0.1) is 5.69 Å². The Kier molecular flexibility index (Phi) is 2.71. The first-order chi connectivity index (χ1) is 6.95. The quantitative estimate of drug-likeness (QED) is 0.795. The van der Waals surface area contributed by atoms with E-state index in [2.05, 4.69) is 15.3 Å². The molecule has 0 bridgehead atoms. The Balaban J connectivity index is 1.96. The minimum atomic E-state index is 0.777. The summed E-state index contributed by atoms with van der Waals surface area (Å²) < 4.78 is 0. The molecule has 0 atom stereocenters. The normalized spacial score (nSPS) is 9.71. The van der Waals surface area contributed by atoms with Gasteiger partial charge in [-0.05, 0) is 23.8 Å². The van der Waals surface area contributed by atoms with E-state index in [-0.39, 0.29) is 0 Å². The van der Waals surface area contributed by atoms with Crippen LogP contribution in [0.2, 0.25) is 0 Å². The van der Waals surface area contributed by atoms with E-state index < -0.39 is 0 Å². The average molecular weight is 185 g/mol. The van der Waals surface area contributed by atoms with Crippen LogP contribution in [0, 0.1) is 0 Å². The van der Waals surface area contributed by atoms with Crippen LogP contribution in [0.4, 0.5) is 5.69 Å². The standard InChI is InChI=1S/C11H11N3/c1-3-10(7-12-5-1)8-14-11-4-2-6-13-9-11/h1-7,9,14H,8H2. The van der Waals surface area contributed by atoms with Gasteiger partial charge in [0.25, 0.3) is 0 Å². The molecule has 2 rings (SSSR count). The molecule has 14 heavy (non-hydrogen) atoms. The van der Waals surface area contributed by atoms with Crippen LogP contribution in [0.3, 0.4) is 0 Å². The minimum absolute atomic E-state index is 0.777. The van der Waals surface area contributed by atoms with Gasteiger partial charge in [0.1, 0.15) is 0 Å². The molecule has 0 saturated heterocycles. The van der Waals surface area contributed by atoms with Crippen LogP contribution in [0.25, 0.3) is 0 Å². The number of aromatic nitrogens is 2. The molecule has 0 aliphatic carbocycles.